The molecule has 10 heteroatoms. The highest BCUT2D eigenvalue weighted by Gasteiger charge is 2.24. The van der Waals surface area contributed by atoms with Crippen LogP contribution in [0.15, 0.2) is 41.6 Å². The number of carbonyl (C=O) groups excluding carboxylic acids is 1. The Hall–Kier alpha value is -2.33. The molecule has 1 aromatic heterocycles. The van der Waals surface area contributed by atoms with E-state index in [4.69, 9.17) is 4.74 Å². The monoisotopic (exact) mass is 373 g/mol. The normalized spacial score (nSPS) is 11.9. The molecule has 136 valence electrons. The number of esters is 1. The Labute approximate surface area is 143 Å². The fourth-order valence-electron chi connectivity index (χ4n) is 1.98. The largest absolute Gasteiger partial charge is 0.457 e. The highest BCUT2D eigenvalue weighted by Crippen LogP contribution is 2.16. The molecular weight excluding hydrogens is 356 g/mol. The molecule has 0 fully saturated rings. The highest BCUT2D eigenvalue weighted by molar-refractivity contribution is 7.89. The van der Waals surface area contributed by atoms with Gasteiger partial charge in [-0.1, -0.05) is 17.7 Å². The van der Waals surface area contributed by atoms with E-state index in [0.29, 0.717) is 4.57 Å². The van der Waals surface area contributed by atoms with Gasteiger partial charge in [0.2, 0.25) is 10.0 Å². The van der Waals surface area contributed by atoms with Crippen LogP contribution in [0.1, 0.15) is 17.9 Å². The molecule has 0 amide bonds. The van der Waals surface area contributed by atoms with Crippen molar-refractivity contribution >= 4 is 16.0 Å². The van der Waals surface area contributed by atoms with E-state index in [0.717, 1.165) is 22.3 Å². The Kier molecular flexibility index (Phi) is 5.85. The van der Waals surface area contributed by atoms with Gasteiger partial charge in [-0.2, -0.15) is 13.1 Å². The second-order valence-electron chi connectivity index (χ2n) is 5.26. The summed E-state index contributed by atoms with van der Waals surface area (Å²) in [5.41, 5.74) is 0.899. The minimum absolute atomic E-state index is 0.0432. The van der Waals surface area contributed by atoms with Crippen LogP contribution < -0.4 is 0 Å². The smallest absolute Gasteiger partial charge is 0.321 e. The average Bonchev–Trinajstić information content (AvgIpc) is 3.02. The minimum Gasteiger partial charge on any atom is -0.457 e. The lowest BCUT2D eigenvalue weighted by molar-refractivity contribution is -0.145. The van der Waals surface area contributed by atoms with E-state index < -0.39 is 35.7 Å². The first kappa shape index (κ1) is 19.0. The third kappa shape index (κ3) is 4.60. The fraction of sp³-hybridized carbons (Fsp3) is 0.333. The van der Waals surface area contributed by atoms with E-state index in [2.05, 4.69) is 4.98 Å². The predicted molar refractivity (Wildman–Crippen MR) is 84.3 cm³/mol. The van der Waals surface area contributed by atoms with Gasteiger partial charge < -0.3 is 4.74 Å². The van der Waals surface area contributed by atoms with E-state index in [1.807, 2.05) is 6.92 Å². The summed E-state index contributed by atoms with van der Waals surface area (Å²) in [5.74, 6) is -1.01. The number of carbonyl (C=O) groups is 1. The summed E-state index contributed by atoms with van der Waals surface area (Å²) in [6.45, 7) is -2.01. The molecular formula is C15H17F2N3O4S. The molecule has 0 aliphatic rings. The van der Waals surface area contributed by atoms with Crippen LogP contribution in [0.5, 0.6) is 0 Å². The number of ether oxygens (including phenoxy) is 1. The Morgan fingerprint density at radius 1 is 1.32 bits per heavy atom. The highest BCUT2D eigenvalue weighted by atomic mass is 32.2. The fourth-order valence-corrected chi connectivity index (χ4v) is 3.10. The van der Waals surface area contributed by atoms with Crippen LogP contribution in [0.3, 0.4) is 0 Å². The number of sulfonamides is 1. The van der Waals surface area contributed by atoms with Gasteiger partial charge in [-0.25, -0.2) is 13.4 Å². The Bertz CT molecular complexity index is 835. The van der Waals surface area contributed by atoms with Gasteiger partial charge in [-0.15, -0.1) is 0 Å². The van der Waals surface area contributed by atoms with Crippen molar-refractivity contribution < 1.29 is 26.7 Å². The summed E-state index contributed by atoms with van der Waals surface area (Å²) in [5, 5.41) is 0. The number of hydrogen-bond donors (Lipinski definition) is 0. The minimum atomic E-state index is -3.85. The van der Waals surface area contributed by atoms with E-state index in [9.17, 15) is 22.0 Å². The van der Waals surface area contributed by atoms with E-state index in [-0.39, 0.29) is 10.7 Å². The molecule has 2 aromatic rings. The first-order valence-electron chi connectivity index (χ1n) is 7.20. The summed E-state index contributed by atoms with van der Waals surface area (Å²) in [6, 6.07) is 6.16. The van der Waals surface area contributed by atoms with Crippen LogP contribution in [0.4, 0.5) is 8.78 Å². The van der Waals surface area contributed by atoms with Crippen LogP contribution in [0.2, 0.25) is 0 Å². The zero-order valence-electron chi connectivity index (χ0n) is 13.6. The van der Waals surface area contributed by atoms with Crippen molar-refractivity contribution in [2.75, 3.05) is 13.6 Å². The van der Waals surface area contributed by atoms with Gasteiger partial charge >= 0.3 is 12.5 Å². The topological polar surface area (TPSA) is 81.5 Å². The standard InChI is InChI=1S/C15H17F2N3O4S/c1-11-3-5-12(6-4-11)25(22,23)19(2)9-14(21)24-10-13-18-7-8-20(13)15(16)17/h3-8,15H,9-10H2,1-2H3. The average molecular weight is 373 g/mol. The van der Waals surface area contributed by atoms with Crippen LogP contribution >= 0.6 is 0 Å². The zero-order valence-corrected chi connectivity index (χ0v) is 14.4. The maximum absolute atomic E-state index is 12.7. The molecule has 0 spiro atoms. The van der Waals surface area contributed by atoms with Gasteiger partial charge in [0.1, 0.15) is 13.2 Å². The van der Waals surface area contributed by atoms with Crippen molar-refractivity contribution in [3.63, 3.8) is 0 Å². The molecule has 1 aromatic carbocycles. The molecule has 7 nitrogen and oxygen atoms in total. The lowest BCUT2D eigenvalue weighted by Crippen LogP contribution is -2.33. The number of nitrogens with zero attached hydrogens (tertiary/aromatic N) is 3. The second-order valence-corrected chi connectivity index (χ2v) is 7.31. The number of likely N-dealkylation sites (N-methyl/N-ethyl adjacent to an activating group) is 1. The maximum Gasteiger partial charge on any atom is 0.321 e. The number of aryl methyl sites for hydroxylation is 1. The lowest BCUT2D eigenvalue weighted by atomic mass is 10.2. The Balaban J connectivity index is 1.97. The van der Waals surface area contributed by atoms with Gasteiger partial charge in [0.15, 0.2) is 5.82 Å². The van der Waals surface area contributed by atoms with Crippen LogP contribution in [-0.2, 0) is 26.2 Å². The number of alkyl halides is 2. The SMILES string of the molecule is Cc1ccc(S(=O)(=O)N(C)CC(=O)OCc2nccn2C(F)F)cc1. The Morgan fingerprint density at radius 3 is 2.56 bits per heavy atom. The summed E-state index contributed by atoms with van der Waals surface area (Å²) in [7, 11) is -2.62. The first-order valence-corrected chi connectivity index (χ1v) is 8.64. The predicted octanol–water partition coefficient (Wildman–Crippen LogP) is 1.95. The molecule has 0 saturated heterocycles. The van der Waals surface area contributed by atoms with Crippen molar-refractivity contribution in [2.45, 2.75) is 25.0 Å². The number of benzene rings is 1. The third-order valence-electron chi connectivity index (χ3n) is 3.40. The molecule has 0 aliphatic carbocycles. The molecule has 0 bridgehead atoms. The number of halogens is 2. The number of rotatable bonds is 7. The number of imidazole rings is 1. The first-order chi connectivity index (χ1) is 11.7. The molecule has 0 N–H and O–H groups in total. The summed E-state index contributed by atoms with van der Waals surface area (Å²) in [6.07, 6.45) is 2.21. The zero-order chi connectivity index (χ0) is 18.6. The molecule has 0 saturated carbocycles. The van der Waals surface area contributed by atoms with Gasteiger partial charge in [0.05, 0.1) is 4.90 Å². The quantitative estimate of drug-likeness (QED) is 0.693. The summed E-state index contributed by atoms with van der Waals surface area (Å²) >= 11 is 0. The second kappa shape index (κ2) is 7.70. The molecule has 0 radical (unpaired) electrons. The van der Waals surface area contributed by atoms with E-state index in [1.165, 1.54) is 19.2 Å². The lowest BCUT2D eigenvalue weighted by Gasteiger charge is -2.16. The van der Waals surface area contributed by atoms with E-state index >= 15 is 0 Å². The molecule has 25 heavy (non-hydrogen) atoms. The van der Waals surface area contributed by atoms with Crippen molar-refractivity contribution in [2.24, 2.45) is 0 Å². The van der Waals surface area contributed by atoms with Crippen molar-refractivity contribution in [3.05, 3.63) is 48.0 Å². The molecule has 0 unspecified atom stereocenters. The van der Waals surface area contributed by atoms with E-state index in [1.54, 1.807) is 12.1 Å². The van der Waals surface area contributed by atoms with Crippen molar-refractivity contribution in [1.29, 1.82) is 0 Å². The Morgan fingerprint density at radius 2 is 1.96 bits per heavy atom. The van der Waals surface area contributed by atoms with Crippen LogP contribution in [-0.4, -0.2) is 41.8 Å². The molecule has 1 heterocycles. The third-order valence-corrected chi connectivity index (χ3v) is 5.22. The van der Waals surface area contributed by atoms with Gasteiger partial charge in [0, 0.05) is 19.4 Å². The van der Waals surface area contributed by atoms with Gasteiger partial charge in [-0.05, 0) is 19.1 Å². The van der Waals surface area contributed by atoms with Gasteiger partial charge in [0.25, 0.3) is 0 Å². The maximum atomic E-state index is 12.7. The summed E-state index contributed by atoms with van der Waals surface area (Å²) in [4.78, 5) is 15.5. The van der Waals surface area contributed by atoms with Gasteiger partial charge in [-0.3, -0.25) is 9.36 Å². The summed E-state index contributed by atoms with van der Waals surface area (Å²) < 4.78 is 56.3. The molecule has 2 rings (SSSR count). The molecule has 0 atom stereocenters. The van der Waals surface area contributed by atoms with Crippen LogP contribution in [0, 0.1) is 6.92 Å². The number of hydrogen-bond acceptors (Lipinski definition) is 5. The molecule has 0 aliphatic heterocycles. The van der Waals surface area contributed by atoms with Crippen LogP contribution in [0.25, 0.3) is 0 Å². The van der Waals surface area contributed by atoms with Crippen molar-refractivity contribution in [1.82, 2.24) is 13.9 Å². The number of aromatic nitrogens is 2. The van der Waals surface area contributed by atoms with Crippen molar-refractivity contribution in [3.8, 4) is 0 Å².